The van der Waals surface area contributed by atoms with Crippen molar-refractivity contribution in [3.05, 3.63) is 34.3 Å². The van der Waals surface area contributed by atoms with Crippen LogP contribution in [0.15, 0.2) is 18.2 Å². The Balaban J connectivity index is 2.63. The quantitative estimate of drug-likeness (QED) is 0.872. The Bertz CT molecular complexity index is 564. The summed E-state index contributed by atoms with van der Waals surface area (Å²) in [5.74, 6) is 1.01. The number of fused-ring (bicyclic) bond motifs is 1. The molecule has 2 nitrogen and oxygen atoms in total. The van der Waals surface area contributed by atoms with Crippen LogP contribution in [0.4, 0.5) is 5.82 Å². The van der Waals surface area contributed by atoms with Gasteiger partial charge in [-0.15, -0.1) is 0 Å². The Kier molecular flexibility index (Phi) is 4.07. The lowest BCUT2D eigenvalue weighted by Gasteiger charge is -2.12. The first-order valence-corrected chi connectivity index (χ1v) is 6.87. The summed E-state index contributed by atoms with van der Waals surface area (Å²) in [6.45, 7) is 7.22. The lowest BCUT2D eigenvalue weighted by atomic mass is 10.1. The average molecular weight is 263 g/mol. The van der Waals surface area contributed by atoms with E-state index < -0.39 is 0 Å². The smallest absolute Gasteiger partial charge is 0.129 e. The van der Waals surface area contributed by atoms with Crippen molar-refractivity contribution >= 4 is 28.3 Å². The van der Waals surface area contributed by atoms with E-state index in [0.29, 0.717) is 0 Å². The molecule has 0 saturated heterocycles. The minimum absolute atomic E-state index is 0.778. The Morgan fingerprint density at radius 1 is 1.22 bits per heavy atom. The number of aryl methyl sites for hydroxylation is 2. The van der Waals surface area contributed by atoms with Gasteiger partial charge in [-0.05, 0) is 49.6 Å². The standard InChI is InChI=1S/C15H19ClN2/c1-4-6-11-8-12-9-13(16)7-10(3)14(12)18-15(11)17-5-2/h7-9H,4-6H2,1-3H3,(H,17,18). The van der Waals surface area contributed by atoms with Crippen LogP contribution in [-0.4, -0.2) is 11.5 Å². The maximum Gasteiger partial charge on any atom is 0.129 e. The van der Waals surface area contributed by atoms with Crippen LogP contribution in [-0.2, 0) is 6.42 Å². The minimum Gasteiger partial charge on any atom is -0.370 e. The monoisotopic (exact) mass is 262 g/mol. The molecule has 0 radical (unpaired) electrons. The zero-order valence-electron chi connectivity index (χ0n) is 11.2. The summed E-state index contributed by atoms with van der Waals surface area (Å²) in [5.41, 5.74) is 3.43. The van der Waals surface area contributed by atoms with Crippen LogP contribution >= 0.6 is 11.6 Å². The summed E-state index contributed by atoms with van der Waals surface area (Å²) in [7, 11) is 0. The van der Waals surface area contributed by atoms with E-state index in [-0.39, 0.29) is 0 Å². The van der Waals surface area contributed by atoms with Gasteiger partial charge in [0.05, 0.1) is 5.52 Å². The molecule has 1 N–H and O–H groups in total. The Morgan fingerprint density at radius 2 is 2.00 bits per heavy atom. The van der Waals surface area contributed by atoms with E-state index in [2.05, 4.69) is 32.2 Å². The van der Waals surface area contributed by atoms with Gasteiger partial charge in [0.2, 0.25) is 0 Å². The number of nitrogens with zero attached hydrogens (tertiary/aromatic N) is 1. The number of halogens is 1. The molecule has 0 unspecified atom stereocenters. The first-order chi connectivity index (χ1) is 8.65. The maximum absolute atomic E-state index is 6.11. The van der Waals surface area contributed by atoms with Gasteiger partial charge in [0.25, 0.3) is 0 Å². The number of aromatic nitrogens is 1. The van der Waals surface area contributed by atoms with Gasteiger partial charge in [-0.2, -0.15) is 0 Å². The van der Waals surface area contributed by atoms with E-state index in [1.165, 1.54) is 5.56 Å². The molecule has 0 spiro atoms. The Morgan fingerprint density at radius 3 is 2.67 bits per heavy atom. The van der Waals surface area contributed by atoms with Gasteiger partial charge in [-0.25, -0.2) is 4.98 Å². The summed E-state index contributed by atoms with van der Waals surface area (Å²) in [6.07, 6.45) is 2.15. The van der Waals surface area contributed by atoms with E-state index in [0.717, 1.165) is 46.7 Å². The van der Waals surface area contributed by atoms with Crippen molar-refractivity contribution in [2.24, 2.45) is 0 Å². The molecule has 0 amide bonds. The molecule has 2 aromatic rings. The zero-order valence-corrected chi connectivity index (χ0v) is 11.9. The maximum atomic E-state index is 6.11. The first kappa shape index (κ1) is 13.2. The molecule has 1 aromatic carbocycles. The molecule has 1 aromatic heterocycles. The fraction of sp³-hybridized carbons (Fsp3) is 0.400. The fourth-order valence-corrected chi connectivity index (χ4v) is 2.53. The summed E-state index contributed by atoms with van der Waals surface area (Å²) >= 11 is 6.11. The number of hydrogen-bond acceptors (Lipinski definition) is 2. The molecule has 1 heterocycles. The van der Waals surface area contributed by atoms with Gasteiger partial charge in [-0.3, -0.25) is 0 Å². The topological polar surface area (TPSA) is 24.9 Å². The van der Waals surface area contributed by atoms with Gasteiger partial charge < -0.3 is 5.32 Å². The van der Waals surface area contributed by atoms with Crippen molar-refractivity contribution in [3.63, 3.8) is 0 Å². The van der Waals surface area contributed by atoms with E-state index in [1.54, 1.807) is 0 Å². The number of anilines is 1. The summed E-state index contributed by atoms with van der Waals surface area (Å²) < 4.78 is 0. The molecule has 0 aliphatic heterocycles. The molecule has 18 heavy (non-hydrogen) atoms. The van der Waals surface area contributed by atoms with Gasteiger partial charge in [0.1, 0.15) is 5.82 Å². The molecular formula is C15H19ClN2. The van der Waals surface area contributed by atoms with Crippen LogP contribution in [0.3, 0.4) is 0 Å². The molecule has 0 aliphatic rings. The molecule has 0 bridgehead atoms. The predicted molar refractivity (Wildman–Crippen MR) is 79.6 cm³/mol. The van der Waals surface area contributed by atoms with Crippen LogP contribution < -0.4 is 5.32 Å². The van der Waals surface area contributed by atoms with Crippen molar-refractivity contribution in [2.75, 3.05) is 11.9 Å². The lowest BCUT2D eigenvalue weighted by Crippen LogP contribution is -2.04. The predicted octanol–water partition coefficient (Wildman–Crippen LogP) is 4.58. The largest absolute Gasteiger partial charge is 0.370 e. The second kappa shape index (κ2) is 5.57. The van der Waals surface area contributed by atoms with E-state index in [9.17, 15) is 0 Å². The second-order valence-electron chi connectivity index (χ2n) is 4.57. The van der Waals surface area contributed by atoms with Crippen LogP contribution in [0.25, 0.3) is 10.9 Å². The molecule has 3 heteroatoms. The molecule has 0 atom stereocenters. The Labute approximate surface area is 113 Å². The molecule has 2 rings (SSSR count). The SMILES string of the molecule is CCCc1cc2cc(Cl)cc(C)c2nc1NCC. The van der Waals surface area contributed by atoms with Crippen LogP contribution in [0.5, 0.6) is 0 Å². The lowest BCUT2D eigenvalue weighted by molar-refractivity contribution is 0.916. The van der Waals surface area contributed by atoms with Crippen molar-refractivity contribution in [2.45, 2.75) is 33.6 Å². The third kappa shape index (κ3) is 2.59. The number of rotatable bonds is 4. The van der Waals surface area contributed by atoms with Crippen LogP contribution in [0.2, 0.25) is 5.02 Å². The van der Waals surface area contributed by atoms with Crippen molar-refractivity contribution in [1.82, 2.24) is 4.98 Å². The molecule has 0 fully saturated rings. The number of benzene rings is 1. The Hall–Kier alpha value is -1.28. The molecule has 0 aliphatic carbocycles. The highest BCUT2D eigenvalue weighted by atomic mass is 35.5. The first-order valence-electron chi connectivity index (χ1n) is 6.49. The van der Waals surface area contributed by atoms with E-state index in [4.69, 9.17) is 16.6 Å². The fourth-order valence-electron chi connectivity index (χ4n) is 2.24. The summed E-state index contributed by atoms with van der Waals surface area (Å²) in [4.78, 5) is 4.75. The van der Waals surface area contributed by atoms with Crippen molar-refractivity contribution in [3.8, 4) is 0 Å². The van der Waals surface area contributed by atoms with Gasteiger partial charge >= 0.3 is 0 Å². The highest BCUT2D eigenvalue weighted by molar-refractivity contribution is 6.31. The normalized spacial score (nSPS) is 10.9. The number of hydrogen-bond donors (Lipinski definition) is 1. The third-order valence-corrected chi connectivity index (χ3v) is 3.23. The van der Waals surface area contributed by atoms with Gasteiger partial charge in [0, 0.05) is 17.0 Å². The molecule has 0 saturated carbocycles. The molecule has 96 valence electrons. The third-order valence-electron chi connectivity index (χ3n) is 3.02. The van der Waals surface area contributed by atoms with Crippen LogP contribution in [0, 0.1) is 6.92 Å². The van der Waals surface area contributed by atoms with Gasteiger partial charge in [-0.1, -0.05) is 24.9 Å². The van der Waals surface area contributed by atoms with Gasteiger partial charge in [0.15, 0.2) is 0 Å². The number of pyridine rings is 1. The van der Waals surface area contributed by atoms with Crippen molar-refractivity contribution in [1.29, 1.82) is 0 Å². The summed E-state index contributed by atoms with van der Waals surface area (Å²) in [5, 5.41) is 5.26. The van der Waals surface area contributed by atoms with E-state index >= 15 is 0 Å². The summed E-state index contributed by atoms with van der Waals surface area (Å²) in [6, 6.07) is 6.17. The van der Waals surface area contributed by atoms with Crippen molar-refractivity contribution < 1.29 is 0 Å². The highest BCUT2D eigenvalue weighted by Gasteiger charge is 2.08. The highest BCUT2D eigenvalue weighted by Crippen LogP contribution is 2.27. The molecular weight excluding hydrogens is 244 g/mol. The van der Waals surface area contributed by atoms with Crippen LogP contribution in [0.1, 0.15) is 31.4 Å². The second-order valence-corrected chi connectivity index (χ2v) is 5.01. The zero-order chi connectivity index (χ0) is 13.1. The van der Waals surface area contributed by atoms with E-state index in [1.807, 2.05) is 12.1 Å². The number of nitrogens with one attached hydrogen (secondary N) is 1. The minimum atomic E-state index is 0.778. The average Bonchev–Trinajstić information content (AvgIpc) is 2.31.